The number of aryl methyl sites for hydroxylation is 1. The summed E-state index contributed by atoms with van der Waals surface area (Å²) in [6, 6.07) is 6.57. The third-order valence-electron chi connectivity index (χ3n) is 4.52. The van der Waals surface area contributed by atoms with Crippen LogP contribution < -0.4 is 10.6 Å². The largest absolute Gasteiger partial charge is 0.454 e. The second-order valence-electron chi connectivity index (χ2n) is 6.13. The summed E-state index contributed by atoms with van der Waals surface area (Å²) in [5.41, 5.74) is 0.528. The van der Waals surface area contributed by atoms with Crippen LogP contribution in [0.15, 0.2) is 24.3 Å². The highest BCUT2D eigenvalue weighted by Gasteiger charge is 2.49. The zero-order valence-corrected chi connectivity index (χ0v) is 15.1. The summed E-state index contributed by atoms with van der Waals surface area (Å²) in [4.78, 5) is 49.0. The fourth-order valence-corrected chi connectivity index (χ4v) is 2.77. The third-order valence-corrected chi connectivity index (χ3v) is 4.52. The number of para-hydroxylation sites is 1. The molecule has 8 nitrogen and oxygen atoms in total. The number of esters is 1. The Labute approximate surface area is 151 Å². The van der Waals surface area contributed by atoms with Crippen molar-refractivity contribution in [2.45, 2.75) is 39.2 Å². The smallest absolute Gasteiger partial charge is 0.326 e. The molecule has 1 aromatic carbocycles. The maximum atomic E-state index is 12.4. The summed E-state index contributed by atoms with van der Waals surface area (Å²) in [6.07, 6.45) is 0.858. The maximum Gasteiger partial charge on any atom is 0.326 e. The minimum atomic E-state index is -0.973. The van der Waals surface area contributed by atoms with Gasteiger partial charge in [0, 0.05) is 5.69 Å². The molecule has 2 N–H and O–H groups in total. The molecule has 1 aliphatic heterocycles. The third kappa shape index (κ3) is 4.01. The molecule has 0 spiro atoms. The lowest BCUT2D eigenvalue weighted by atomic mass is 9.93. The summed E-state index contributed by atoms with van der Waals surface area (Å²) in [5.74, 6) is -1.77. The Bertz CT molecular complexity index is 727. The van der Waals surface area contributed by atoms with Crippen LogP contribution in [0.3, 0.4) is 0 Å². The van der Waals surface area contributed by atoms with Crippen LogP contribution in [0.4, 0.5) is 10.5 Å². The average Bonchev–Trinajstić information content (AvgIpc) is 2.86. The molecule has 0 aromatic heterocycles. The number of benzene rings is 1. The highest BCUT2D eigenvalue weighted by molar-refractivity contribution is 6.08. The first-order chi connectivity index (χ1) is 12.3. The van der Waals surface area contributed by atoms with Crippen LogP contribution in [0.2, 0.25) is 0 Å². The Morgan fingerprint density at radius 1 is 1.19 bits per heavy atom. The molecule has 1 aromatic rings. The maximum absolute atomic E-state index is 12.4. The SMILES string of the molecule is CCC1(CC)NC(=O)N(CC(=O)OCC(=O)Nc2ccccc2C)C1=O. The van der Waals surface area contributed by atoms with Gasteiger partial charge in [0.05, 0.1) is 0 Å². The molecule has 0 saturated carbocycles. The Balaban J connectivity index is 1.87. The van der Waals surface area contributed by atoms with E-state index in [4.69, 9.17) is 4.74 Å². The summed E-state index contributed by atoms with van der Waals surface area (Å²) in [7, 11) is 0. The molecule has 1 aliphatic rings. The molecule has 1 saturated heterocycles. The molecule has 8 heteroatoms. The molecule has 0 aliphatic carbocycles. The predicted molar refractivity (Wildman–Crippen MR) is 94.3 cm³/mol. The molecule has 1 heterocycles. The summed E-state index contributed by atoms with van der Waals surface area (Å²) in [6.45, 7) is 4.40. The second kappa shape index (κ2) is 7.99. The number of nitrogens with zero attached hydrogens (tertiary/aromatic N) is 1. The lowest BCUT2D eigenvalue weighted by molar-refractivity contribution is -0.150. The van der Waals surface area contributed by atoms with Crippen molar-refractivity contribution >= 4 is 29.5 Å². The molecule has 26 heavy (non-hydrogen) atoms. The monoisotopic (exact) mass is 361 g/mol. The number of rotatable bonds is 7. The first-order valence-electron chi connectivity index (χ1n) is 8.48. The van der Waals surface area contributed by atoms with E-state index in [0.717, 1.165) is 10.5 Å². The number of imide groups is 1. The van der Waals surface area contributed by atoms with Crippen LogP contribution in [0.1, 0.15) is 32.3 Å². The number of hydrogen-bond acceptors (Lipinski definition) is 5. The van der Waals surface area contributed by atoms with E-state index >= 15 is 0 Å². The number of carbonyl (C=O) groups excluding carboxylic acids is 4. The van der Waals surface area contributed by atoms with Crippen LogP contribution >= 0.6 is 0 Å². The van der Waals surface area contributed by atoms with Crippen LogP contribution in [-0.4, -0.2) is 47.4 Å². The molecule has 1 fully saturated rings. The highest BCUT2D eigenvalue weighted by Crippen LogP contribution is 2.24. The summed E-state index contributed by atoms with van der Waals surface area (Å²) >= 11 is 0. The number of ether oxygens (including phenoxy) is 1. The normalized spacial score (nSPS) is 15.6. The number of carbonyl (C=O) groups is 4. The number of nitrogens with one attached hydrogen (secondary N) is 2. The first kappa shape index (κ1) is 19.4. The van der Waals surface area contributed by atoms with Crippen molar-refractivity contribution in [3.8, 4) is 0 Å². The number of urea groups is 1. The van der Waals surface area contributed by atoms with Gasteiger partial charge in [-0.25, -0.2) is 4.79 Å². The standard InChI is InChI=1S/C18H23N3O5/c1-4-18(5-2)16(24)21(17(25)20-18)10-15(23)26-11-14(22)19-13-9-7-6-8-12(13)3/h6-9H,4-5,10-11H2,1-3H3,(H,19,22)(H,20,25). The van der Waals surface area contributed by atoms with E-state index in [-0.39, 0.29) is 0 Å². The van der Waals surface area contributed by atoms with Crippen LogP contribution in [0, 0.1) is 6.92 Å². The van der Waals surface area contributed by atoms with Crippen molar-refractivity contribution in [2.75, 3.05) is 18.5 Å². The van der Waals surface area contributed by atoms with Gasteiger partial charge in [-0.3, -0.25) is 19.3 Å². The van der Waals surface area contributed by atoms with Crippen molar-refractivity contribution in [3.05, 3.63) is 29.8 Å². The highest BCUT2D eigenvalue weighted by atomic mass is 16.5. The quantitative estimate of drug-likeness (QED) is 0.567. The minimum absolute atomic E-state index is 0.429. The Kier molecular flexibility index (Phi) is 5.97. The van der Waals surface area contributed by atoms with Gasteiger partial charge in [-0.2, -0.15) is 0 Å². The van der Waals surface area contributed by atoms with Crippen molar-refractivity contribution in [1.29, 1.82) is 0 Å². The Morgan fingerprint density at radius 3 is 2.42 bits per heavy atom. The minimum Gasteiger partial charge on any atom is -0.454 e. The molecule has 0 bridgehead atoms. The van der Waals surface area contributed by atoms with E-state index in [2.05, 4.69) is 10.6 Å². The fourth-order valence-electron chi connectivity index (χ4n) is 2.77. The predicted octanol–water partition coefficient (Wildman–Crippen LogP) is 1.59. The second-order valence-corrected chi connectivity index (χ2v) is 6.13. The van der Waals surface area contributed by atoms with Crippen molar-refractivity contribution < 1.29 is 23.9 Å². The van der Waals surface area contributed by atoms with E-state index in [1.54, 1.807) is 26.0 Å². The number of amides is 4. The van der Waals surface area contributed by atoms with E-state index in [9.17, 15) is 19.2 Å². The van der Waals surface area contributed by atoms with Gasteiger partial charge in [0.2, 0.25) is 0 Å². The van der Waals surface area contributed by atoms with Gasteiger partial charge in [0.15, 0.2) is 6.61 Å². The number of hydrogen-bond donors (Lipinski definition) is 2. The van der Waals surface area contributed by atoms with E-state index in [0.29, 0.717) is 18.5 Å². The Hall–Kier alpha value is -2.90. The molecule has 140 valence electrons. The van der Waals surface area contributed by atoms with Crippen LogP contribution in [0.5, 0.6) is 0 Å². The van der Waals surface area contributed by atoms with E-state index in [1.165, 1.54) is 0 Å². The van der Waals surface area contributed by atoms with Gasteiger partial charge in [-0.05, 0) is 31.4 Å². The molecular weight excluding hydrogens is 338 g/mol. The lowest BCUT2D eigenvalue weighted by Crippen LogP contribution is -2.46. The van der Waals surface area contributed by atoms with Gasteiger partial charge < -0.3 is 15.4 Å². The average molecular weight is 361 g/mol. The van der Waals surface area contributed by atoms with Crippen LogP contribution in [-0.2, 0) is 19.1 Å². The van der Waals surface area contributed by atoms with Gasteiger partial charge in [-0.1, -0.05) is 32.0 Å². The zero-order chi connectivity index (χ0) is 19.3. The lowest BCUT2D eigenvalue weighted by Gasteiger charge is -2.22. The number of anilines is 1. The van der Waals surface area contributed by atoms with Gasteiger partial charge in [0.1, 0.15) is 12.1 Å². The van der Waals surface area contributed by atoms with Crippen molar-refractivity contribution in [1.82, 2.24) is 10.2 Å². The molecule has 0 radical (unpaired) electrons. The molecule has 4 amide bonds. The van der Waals surface area contributed by atoms with E-state index in [1.807, 2.05) is 19.1 Å². The topological polar surface area (TPSA) is 105 Å². The molecule has 2 rings (SSSR count). The zero-order valence-electron chi connectivity index (χ0n) is 15.1. The molecular formula is C18H23N3O5. The van der Waals surface area contributed by atoms with Gasteiger partial charge in [-0.15, -0.1) is 0 Å². The van der Waals surface area contributed by atoms with Crippen molar-refractivity contribution in [2.24, 2.45) is 0 Å². The van der Waals surface area contributed by atoms with Crippen LogP contribution in [0.25, 0.3) is 0 Å². The summed E-state index contributed by atoms with van der Waals surface area (Å²) < 4.78 is 4.89. The molecule has 0 unspecified atom stereocenters. The van der Waals surface area contributed by atoms with Gasteiger partial charge >= 0.3 is 12.0 Å². The fraction of sp³-hybridized carbons (Fsp3) is 0.444. The Morgan fingerprint density at radius 2 is 1.85 bits per heavy atom. The first-order valence-corrected chi connectivity index (χ1v) is 8.48. The van der Waals surface area contributed by atoms with Crippen molar-refractivity contribution in [3.63, 3.8) is 0 Å². The summed E-state index contributed by atoms with van der Waals surface area (Å²) in [5, 5.41) is 5.26. The van der Waals surface area contributed by atoms with Gasteiger partial charge in [0.25, 0.3) is 11.8 Å². The van der Waals surface area contributed by atoms with E-state index < -0.39 is 42.5 Å². The molecule has 0 atom stereocenters.